The van der Waals surface area contributed by atoms with E-state index in [0.717, 1.165) is 13.0 Å². The second kappa shape index (κ2) is 11.8. The van der Waals surface area contributed by atoms with Gasteiger partial charge >= 0.3 is 5.97 Å². The maximum atomic E-state index is 13.1. The Morgan fingerprint density at radius 2 is 1.80 bits per heavy atom. The third kappa shape index (κ3) is 6.11. The van der Waals surface area contributed by atoms with Gasteiger partial charge in [0.25, 0.3) is 0 Å². The number of hydrogen-bond acceptors (Lipinski definition) is 6. The molecule has 2 aromatic rings. The highest BCUT2D eigenvalue weighted by molar-refractivity contribution is 7.10. The van der Waals surface area contributed by atoms with Gasteiger partial charge in [0.2, 0.25) is 11.8 Å². The SMILES string of the molecule is CCOC(=O)CCC(=O)N1CCN(C(=O)CCN2CCc3sccc3C2c2ccccc2)CC1C. The van der Waals surface area contributed by atoms with Crippen molar-refractivity contribution in [1.29, 1.82) is 0 Å². The molecule has 0 spiro atoms. The molecule has 188 valence electrons. The quantitative estimate of drug-likeness (QED) is 0.522. The number of amides is 2. The lowest BCUT2D eigenvalue weighted by atomic mass is 9.93. The molecular formula is C27H35N3O4S. The lowest BCUT2D eigenvalue weighted by Crippen LogP contribution is -2.55. The molecule has 2 atom stereocenters. The summed E-state index contributed by atoms with van der Waals surface area (Å²) in [6, 6.07) is 12.9. The van der Waals surface area contributed by atoms with E-state index in [2.05, 4.69) is 40.6 Å². The number of fused-ring (bicyclic) bond motifs is 1. The van der Waals surface area contributed by atoms with E-state index in [1.807, 2.05) is 29.2 Å². The number of benzene rings is 1. The number of rotatable bonds is 8. The second-order valence-corrected chi connectivity index (χ2v) is 10.2. The summed E-state index contributed by atoms with van der Waals surface area (Å²) in [7, 11) is 0. The summed E-state index contributed by atoms with van der Waals surface area (Å²) in [5.74, 6) is -0.259. The Labute approximate surface area is 211 Å². The van der Waals surface area contributed by atoms with Gasteiger partial charge in [-0.2, -0.15) is 0 Å². The van der Waals surface area contributed by atoms with E-state index in [-0.39, 0.29) is 42.7 Å². The van der Waals surface area contributed by atoms with Crippen LogP contribution >= 0.6 is 11.3 Å². The summed E-state index contributed by atoms with van der Waals surface area (Å²) in [5, 5.41) is 2.17. The maximum absolute atomic E-state index is 13.1. The van der Waals surface area contributed by atoms with Gasteiger partial charge < -0.3 is 14.5 Å². The Bertz CT molecular complexity index is 1020. The Balaban J connectivity index is 1.31. The predicted octanol–water partition coefficient (Wildman–Crippen LogP) is 3.49. The number of nitrogens with zero attached hydrogens (tertiary/aromatic N) is 3. The van der Waals surface area contributed by atoms with Crippen LogP contribution in [0.1, 0.15) is 55.2 Å². The van der Waals surface area contributed by atoms with Crippen LogP contribution in [0.25, 0.3) is 0 Å². The van der Waals surface area contributed by atoms with Crippen molar-refractivity contribution < 1.29 is 19.1 Å². The molecule has 1 aromatic carbocycles. The molecule has 4 rings (SSSR count). The summed E-state index contributed by atoms with van der Waals surface area (Å²) < 4.78 is 4.92. The lowest BCUT2D eigenvalue weighted by molar-refractivity contribution is -0.147. The first kappa shape index (κ1) is 25.4. The number of carbonyl (C=O) groups excluding carboxylic acids is 3. The van der Waals surface area contributed by atoms with Gasteiger partial charge in [0, 0.05) is 56.5 Å². The minimum Gasteiger partial charge on any atom is -0.466 e. The highest BCUT2D eigenvalue weighted by Crippen LogP contribution is 2.37. The van der Waals surface area contributed by atoms with Gasteiger partial charge in [0.1, 0.15) is 0 Å². The van der Waals surface area contributed by atoms with Crippen molar-refractivity contribution in [1.82, 2.24) is 14.7 Å². The van der Waals surface area contributed by atoms with Crippen molar-refractivity contribution in [2.45, 2.75) is 51.6 Å². The van der Waals surface area contributed by atoms with Crippen molar-refractivity contribution in [3.63, 3.8) is 0 Å². The molecule has 2 amide bonds. The zero-order valence-corrected chi connectivity index (χ0v) is 21.5. The zero-order chi connectivity index (χ0) is 24.8. The summed E-state index contributed by atoms with van der Waals surface area (Å²) in [6.45, 7) is 7.26. The first-order valence-electron chi connectivity index (χ1n) is 12.6. The molecule has 0 saturated carbocycles. The van der Waals surface area contributed by atoms with Gasteiger partial charge in [-0.25, -0.2) is 0 Å². The van der Waals surface area contributed by atoms with E-state index in [4.69, 9.17) is 4.74 Å². The minimum atomic E-state index is -0.344. The van der Waals surface area contributed by atoms with Gasteiger partial charge in [-0.3, -0.25) is 19.3 Å². The van der Waals surface area contributed by atoms with Crippen LogP contribution in [-0.2, 0) is 25.5 Å². The molecule has 0 N–H and O–H groups in total. The molecule has 0 radical (unpaired) electrons. The first-order chi connectivity index (χ1) is 17.0. The molecule has 1 fully saturated rings. The van der Waals surface area contributed by atoms with Crippen molar-refractivity contribution in [2.75, 3.05) is 39.3 Å². The third-order valence-electron chi connectivity index (χ3n) is 6.94. The van der Waals surface area contributed by atoms with Crippen LogP contribution in [0, 0.1) is 0 Å². The number of hydrogen-bond donors (Lipinski definition) is 0. The number of esters is 1. The van der Waals surface area contributed by atoms with Gasteiger partial charge in [-0.05, 0) is 42.8 Å². The molecule has 0 aliphatic carbocycles. The number of piperazine rings is 1. The van der Waals surface area contributed by atoms with E-state index < -0.39 is 0 Å². The fourth-order valence-corrected chi connectivity index (χ4v) is 6.08. The Hall–Kier alpha value is -2.71. The smallest absolute Gasteiger partial charge is 0.306 e. The fourth-order valence-electron chi connectivity index (χ4n) is 5.17. The van der Waals surface area contributed by atoms with Crippen molar-refractivity contribution in [2.24, 2.45) is 0 Å². The van der Waals surface area contributed by atoms with Crippen molar-refractivity contribution >= 4 is 29.1 Å². The second-order valence-electron chi connectivity index (χ2n) is 9.23. The van der Waals surface area contributed by atoms with Crippen LogP contribution in [0.5, 0.6) is 0 Å². The Kier molecular flexibility index (Phi) is 8.57. The van der Waals surface area contributed by atoms with Gasteiger partial charge in [0.15, 0.2) is 0 Å². The predicted molar refractivity (Wildman–Crippen MR) is 136 cm³/mol. The fraction of sp³-hybridized carbons (Fsp3) is 0.519. The number of thiophene rings is 1. The molecule has 2 aliphatic heterocycles. The summed E-state index contributed by atoms with van der Waals surface area (Å²) >= 11 is 1.82. The monoisotopic (exact) mass is 497 g/mol. The van der Waals surface area contributed by atoms with Crippen LogP contribution < -0.4 is 0 Å². The molecule has 1 saturated heterocycles. The van der Waals surface area contributed by atoms with Crippen LogP contribution in [-0.4, -0.2) is 77.9 Å². The number of ether oxygens (including phenoxy) is 1. The molecule has 7 nitrogen and oxygen atoms in total. The molecule has 35 heavy (non-hydrogen) atoms. The van der Waals surface area contributed by atoms with Crippen LogP contribution in [0.15, 0.2) is 41.8 Å². The summed E-state index contributed by atoms with van der Waals surface area (Å²) in [4.78, 5) is 44.8. The summed E-state index contributed by atoms with van der Waals surface area (Å²) in [6.07, 6.45) is 1.74. The van der Waals surface area contributed by atoms with E-state index in [0.29, 0.717) is 39.2 Å². The molecule has 2 unspecified atom stereocenters. The molecule has 1 aromatic heterocycles. The van der Waals surface area contributed by atoms with E-state index >= 15 is 0 Å². The van der Waals surface area contributed by atoms with E-state index in [9.17, 15) is 14.4 Å². The normalized spacial score (nSPS) is 20.4. The maximum Gasteiger partial charge on any atom is 0.306 e. The summed E-state index contributed by atoms with van der Waals surface area (Å²) in [5.41, 5.74) is 2.63. The molecule has 2 aliphatic rings. The topological polar surface area (TPSA) is 70.2 Å². The van der Waals surface area contributed by atoms with E-state index in [1.165, 1.54) is 16.0 Å². The average molecular weight is 498 g/mol. The highest BCUT2D eigenvalue weighted by Gasteiger charge is 2.32. The Morgan fingerprint density at radius 1 is 1.00 bits per heavy atom. The minimum absolute atomic E-state index is 0.0526. The largest absolute Gasteiger partial charge is 0.466 e. The highest BCUT2D eigenvalue weighted by atomic mass is 32.1. The molecular weight excluding hydrogens is 462 g/mol. The molecule has 8 heteroatoms. The van der Waals surface area contributed by atoms with Crippen LogP contribution in [0.3, 0.4) is 0 Å². The van der Waals surface area contributed by atoms with Gasteiger partial charge in [-0.1, -0.05) is 30.3 Å². The van der Waals surface area contributed by atoms with Crippen molar-refractivity contribution in [3.8, 4) is 0 Å². The van der Waals surface area contributed by atoms with Gasteiger partial charge in [0.05, 0.1) is 19.1 Å². The molecule has 0 bridgehead atoms. The van der Waals surface area contributed by atoms with E-state index in [1.54, 1.807) is 11.8 Å². The van der Waals surface area contributed by atoms with Crippen molar-refractivity contribution in [3.05, 3.63) is 57.8 Å². The zero-order valence-electron chi connectivity index (χ0n) is 20.7. The molecule has 3 heterocycles. The Morgan fingerprint density at radius 3 is 2.54 bits per heavy atom. The van der Waals surface area contributed by atoms with Crippen LogP contribution in [0.2, 0.25) is 0 Å². The first-order valence-corrected chi connectivity index (χ1v) is 13.4. The van der Waals surface area contributed by atoms with Gasteiger partial charge in [-0.15, -0.1) is 11.3 Å². The third-order valence-corrected chi connectivity index (χ3v) is 7.94. The lowest BCUT2D eigenvalue weighted by Gasteiger charge is -2.41. The van der Waals surface area contributed by atoms with Crippen LogP contribution in [0.4, 0.5) is 0 Å². The average Bonchev–Trinajstić information content (AvgIpc) is 3.35. The standard InChI is InChI=1S/C27H35N3O4S/c1-3-34-26(33)10-9-25(32)30-17-16-29(19-20(30)2)24(31)12-15-28-14-11-23-22(13-18-35-23)27(28)21-7-5-4-6-8-21/h4-8,13,18,20,27H,3,9-12,14-17,19H2,1-2H3. The number of carbonyl (C=O) groups is 3.